The Bertz CT molecular complexity index is 1160. The number of benzene rings is 2. The van der Waals surface area contributed by atoms with E-state index in [0.717, 1.165) is 27.7 Å². The maximum absolute atomic E-state index is 13.0. The topological polar surface area (TPSA) is 64.1 Å². The van der Waals surface area contributed by atoms with Crippen LogP contribution in [0.3, 0.4) is 0 Å². The highest BCUT2D eigenvalue weighted by Gasteiger charge is 2.31. The summed E-state index contributed by atoms with van der Waals surface area (Å²) in [5.74, 6) is -0.267. The van der Waals surface area contributed by atoms with E-state index in [1.165, 1.54) is 18.3 Å². The smallest absolute Gasteiger partial charge is 0.416 e. The van der Waals surface area contributed by atoms with Gasteiger partial charge in [-0.3, -0.25) is 4.79 Å². The van der Waals surface area contributed by atoms with E-state index in [9.17, 15) is 18.0 Å². The fourth-order valence-electron chi connectivity index (χ4n) is 3.11. The number of hydrogen-bond donors (Lipinski definition) is 1. The molecule has 0 unspecified atom stereocenters. The normalized spacial score (nSPS) is 12.3. The van der Waals surface area contributed by atoms with Gasteiger partial charge in [-0.05, 0) is 61.7 Å². The summed E-state index contributed by atoms with van der Waals surface area (Å²) in [7, 11) is 0. The average molecular weight is 543 g/mol. The van der Waals surface area contributed by atoms with Crippen molar-refractivity contribution in [3.05, 3.63) is 81.3 Å². The minimum absolute atomic E-state index is 0.0643. The first kappa shape index (κ1) is 25.0. The number of ether oxygens (including phenoxy) is 1. The first-order valence-electron chi connectivity index (χ1n) is 9.87. The van der Waals surface area contributed by atoms with Crippen molar-refractivity contribution in [2.75, 3.05) is 5.88 Å². The Morgan fingerprint density at radius 1 is 1.21 bits per heavy atom. The van der Waals surface area contributed by atoms with Crippen LogP contribution in [0.15, 0.2) is 53.1 Å². The molecule has 0 radical (unpaired) electrons. The second kappa shape index (κ2) is 10.5. The maximum Gasteiger partial charge on any atom is 0.416 e. The third-order valence-electron chi connectivity index (χ3n) is 4.77. The summed E-state index contributed by atoms with van der Waals surface area (Å²) in [5, 5.41) is 2.83. The van der Waals surface area contributed by atoms with Gasteiger partial charge < -0.3 is 10.1 Å². The zero-order valence-electron chi connectivity index (χ0n) is 17.7. The molecule has 0 aliphatic rings. The highest BCUT2D eigenvalue weighted by molar-refractivity contribution is 9.10. The third-order valence-corrected chi connectivity index (χ3v) is 5.64. The third kappa shape index (κ3) is 6.68. The van der Waals surface area contributed by atoms with E-state index in [1.807, 2.05) is 25.1 Å². The van der Waals surface area contributed by atoms with Gasteiger partial charge in [0.1, 0.15) is 11.6 Å². The summed E-state index contributed by atoms with van der Waals surface area (Å²) >= 11 is 9.52. The highest BCUT2D eigenvalue weighted by atomic mass is 79.9. The van der Waals surface area contributed by atoms with Crippen LogP contribution in [0.4, 0.5) is 13.2 Å². The van der Waals surface area contributed by atoms with Crippen molar-refractivity contribution in [3.8, 4) is 11.5 Å². The highest BCUT2D eigenvalue weighted by Crippen LogP contribution is 2.33. The van der Waals surface area contributed by atoms with Crippen LogP contribution in [-0.4, -0.2) is 27.8 Å². The lowest BCUT2D eigenvalue weighted by molar-refractivity contribution is -0.137. The number of aryl methyl sites for hydroxylation is 2. The molecule has 0 saturated heterocycles. The second-order valence-electron chi connectivity index (χ2n) is 7.36. The van der Waals surface area contributed by atoms with E-state index in [0.29, 0.717) is 12.2 Å². The number of carbonyl (C=O) groups excluding carboxylic acids is 1. The summed E-state index contributed by atoms with van der Waals surface area (Å²) in [6.07, 6.45) is -2.78. The number of carbonyl (C=O) groups is 1. The van der Waals surface area contributed by atoms with Gasteiger partial charge in [-0.2, -0.15) is 13.2 Å². The van der Waals surface area contributed by atoms with Gasteiger partial charge in [-0.1, -0.05) is 28.1 Å². The zero-order valence-corrected chi connectivity index (χ0v) is 20.1. The molecule has 1 heterocycles. The van der Waals surface area contributed by atoms with Crippen LogP contribution in [0.1, 0.15) is 33.0 Å². The molecule has 0 aliphatic carbocycles. The summed E-state index contributed by atoms with van der Waals surface area (Å²) in [5.41, 5.74) is 1.09. The Balaban J connectivity index is 1.82. The van der Waals surface area contributed by atoms with Gasteiger partial charge in [0.2, 0.25) is 0 Å². The summed E-state index contributed by atoms with van der Waals surface area (Å²) in [6.45, 7) is 3.55. The average Bonchev–Trinajstić information content (AvgIpc) is 2.75. The van der Waals surface area contributed by atoms with E-state index in [4.69, 9.17) is 16.3 Å². The molecule has 0 fully saturated rings. The molecule has 0 spiro atoms. The van der Waals surface area contributed by atoms with Crippen molar-refractivity contribution >= 4 is 33.4 Å². The Labute approximate surface area is 202 Å². The van der Waals surface area contributed by atoms with Gasteiger partial charge in [0.25, 0.3) is 5.91 Å². The van der Waals surface area contributed by atoms with E-state index in [1.54, 1.807) is 6.92 Å². The van der Waals surface area contributed by atoms with Crippen LogP contribution in [0.25, 0.3) is 0 Å². The first-order chi connectivity index (χ1) is 15.6. The minimum Gasteiger partial charge on any atom is -0.453 e. The van der Waals surface area contributed by atoms with Gasteiger partial charge in [-0.25, -0.2) is 9.97 Å². The van der Waals surface area contributed by atoms with E-state index in [-0.39, 0.29) is 23.1 Å². The number of aromatic nitrogens is 2. The van der Waals surface area contributed by atoms with E-state index >= 15 is 0 Å². The predicted molar refractivity (Wildman–Crippen MR) is 123 cm³/mol. The number of hydrogen-bond acceptors (Lipinski definition) is 4. The van der Waals surface area contributed by atoms with Gasteiger partial charge in [0.05, 0.1) is 11.8 Å². The summed E-state index contributed by atoms with van der Waals surface area (Å²) in [4.78, 5) is 21.2. The number of nitrogens with zero attached hydrogens (tertiary/aromatic N) is 2. The molecule has 1 amide bonds. The minimum atomic E-state index is -4.53. The number of alkyl halides is 4. The van der Waals surface area contributed by atoms with Gasteiger partial charge >= 0.3 is 6.18 Å². The number of amides is 1. The van der Waals surface area contributed by atoms with Crippen molar-refractivity contribution in [3.63, 3.8) is 0 Å². The number of nitrogens with one attached hydrogen (secondary N) is 1. The molecule has 0 aliphatic heterocycles. The Morgan fingerprint density at radius 2 is 1.97 bits per heavy atom. The Morgan fingerprint density at radius 3 is 2.64 bits per heavy atom. The molecule has 2 aromatic carbocycles. The molecule has 0 bridgehead atoms. The molecule has 174 valence electrons. The fourth-order valence-corrected chi connectivity index (χ4v) is 3.77. The molecule has 3 aromatic rings. The van der Waals surface area contributed by atoms with Crippen LogP contribution in [-0.2, 0) is 12.6 Å². The molecular weight excluding hydrogens is 523 g/mol. The lowest BCUT2D eigenvalue weighted by atomic mass is 10.0. The van der Waals surface area contributed by atoms with Crippen molar-refractivity contribution in [2.24, 2.45) is 0 Å². The summed E-state index contributed by atoms with van der Waals surface area (Å²) < 4.78 is 45.6. The van der Waals surface area contributed by atoms with E-state index in [2.05, 4.69) is 31.2 Å². The fraction of sp³-hybridized carbons (Fsp3) is 0.261. The lowest BCUT2D eigenvalue weighted by Gasteiger charge is -2.18. The lowest BCUT2D eigenvalue weighted by Crippen LogP contribution is -2.38. The summed E-state index contributed by atoms with van der Waals surface area (Å²) in [6, 6.07) is 9.77. The largest absolute Gasteiger partial charge is 0.453 e. The Hall–Kier alpha value is -2.65. The number of halogens is 5. The molecule has 5 nitrogen and oxygen atoms in total. The predicted octanol–water partition coefficient (Wildman–Crippen LogP) is 6.25. The SMILES string of the molecule is Cc1ncc(Oc2cccc(C(F)(F)F)c2)c(C(=O)N[C@@H](CCl)Cc2ccc(Br)cc2C)n1. The van der Waals surface area contributed by atoms with Gasteiger partial charge in [0.15, 0.2) is 11.4 Å². The quantitative estimate of drug-likeness (QED) is 0.359. The van der Waals surface area contributed by atoms with Gasteiger partial charge in [0, 0.05) is 16.4 Å². The maximum atomic E-state index is 13.0. The standard InChI is InChI=1S/C23H20BrClF3N3O2/c1-13-8-17(24)7-6-15(13)9-18(11-25)31-22(32)21-20(12-29-14(2)30-21)33-19-5-3-4-16(10-19)23(26,27)28/h3-8,10,12,18H,9,11H2,1-2H3,(H,31,32)/t18-/m1/s1. The molecule has 33 heavy (non-hydrogen) atoms. The van der Waals surface area contributed by atoms with Crippen molar-refractivity contribution in [1.82, 2.24) is 15.3 Å². The molecule has 1 atom stereocenters. The van der Waals surface area contributed by atoms with Crippen molar-refractivity contribution < 1.29 is 22.7 Å². The molecule has 0 saturated carbocycles. The molecule has 1 N–H and O–H groups in total. The Kier molecular flexibility index (Phi) is 7.97. The molecule has 1 aromatic heterocycles. The molecule has 10 heteroatoms. The van der Waals surface area contributed by atoms with Gasteiger partial charge in [-0.15, -0.1) is 11.6 Å². The van der Waals surface area contributed by atoms with Crippen LogP contribution >= 0.6 is 27.5 Å². The monoisotopic (exact) mass is 541 g/mol. The van der Waals surface area contributed by atoms with Crippen molar-refractivity contribution in [1.29, 1.82) is 0 Å². The first-order valence-corrected chi connectivity index (χ1v) is 11.2. The van der Waals surface area contributed by atoms with Crippen molar-refractivity contribution in [2.45, 2.75) is 32.5 Å². The van der Waals surface area contributed by atoms with Crippen LogP contribution in [0.2, 0.25) is 0 Å². The molecular formula is C23H20BrClF3N3O2. The van der Waals surface area contributed by atoms with E-state index < -0.39 is 23.7 Å². The van der Waals surface area contributed by atoms with Crippen LogP contribution in [0.5, 0.6) is 11.5 Å². The number of rotatable bonds is 7. The zero-order chi connectivity index (χ0) is 24.2. The van der Waals surface area contributed by atoms with Crippen LogP contribution < -0.4 is 10.1 Å². The second-order valence-corrected chi connectivity index (χ2v) is 8.58. The molecule has 3 rings (SSSR count). The van der Waals surface area contributed by atoms with Crippen LogP contribution in [0, 0.1) is 13.8 Å².